The monoisotopic (exact) mass is 659 g/mol. The van der Waals surface area contributed by atoms with Gasteiger partial charge in [0.15, 0.2) is 17.2 Å². The summed E-state index contributed by atoms with van der Waals surface area (Å²) < 4.78 is 34.4. The lowest BCUT2D eigenvalue weighted by molar-refractivity contribution is 0.141. The highest BCUT2D eigenvalue weighted by Crippen LogP contribution is 2.43. The fourth-order valence-corrected chi connectivity index (χ4v) is 7.09. The predicted molar refractivity (Wildman–Crippen MR) is 179 cm³/mol. The van der Waals surface area contributed by atoms with Crippen LogP contribution in [0.3, 0.4) is 0 Å². The number of aromatic nitrogens is 4. The lowest BCUT2D eigenvalue weighted by Crippen LogP contribution is -2.21. The van der Waals surface area contributed by atoms with Crippen molar-refractivity contribution in [1.82, 2.24) is 24.8 Å². The first-order valence-electron chi connectivity index (χ1n) is 16.1. The molecule has 5 heterocycles. The number of pyridine rings is 1. The Morgan fingerprint density at radius 3 is 2.57 bits per heavy atom. The van der Waals surface area contributed by atoms with E-state index in [1.807, 2.05) is 48.2 Å². The molecule has 246 valence electrons. The molecule has 1 fully saturated rings. The molecule has 10 nitrogen and oxygen atoms in total. The highest BCUT2D eigenvalue weighted by atomic mass is 19.3. The maximum atomic E-state index is 14.1. The number of alkyl halides is 2. The third-order valence-electron chi connectivity index (χ3n) is 9.43. The average Bonchev–Trinajstić information content (AvgIpc) is 3.85. The number of aliphatic hydroxyl groups is 2. The minimum absolute atomic E-state index is 0.215. The minimum Gasteiger partial charge on any atom is -0.435 e. The fourth-order valence-electron chi connectivity index (χ4n) is 7.09. The summed E-state index contributed by atoms with van der Waals surface area (Å²) in [5.41, 5.74) is 8.94. The van der Waals surface area contributed by atoms with Crippen LogP contribution in [0.1, 0.15) is 46.5 Å². The van der Waals surface area contributed by atoms with Crippen molar-refractivity contribution in [2.45, 2.75) is 45.4 Å². The first-order valence-corrected chi connectivity index (χ1v) is 16.1. The number of anilines is 2. The Labute approximate surface area is 279 Å². The predicted octanol–water partition coefficient (Wildman–Crippen LogP) is 6.37. The maximum Gasteiger partial charge on any atom is 0.297 e. The zero-order chi connectivity index (χ0) is 33.8. The van der Waals surface area contributed by atoms with E-state index in [1.165, 1.54) is 0 Å². The zero-order valence-electron chi connectivity index (χ0n) is 26.6. The molecule has 3 aromatic carbocycles. The largest absolute Gasteiger partial charge is 0.435 e. The number of halogens is 2. The molecule has 0 bridgehead atoms. The van der Waals surface area contributed by atoms with Crippen molar-refractivity contribution in [3.05, 3.63) is 94.4 Å². The van der Waals surface area contributed by atoms with Crippen molar-refractivity contribution < 1.29 is 23.4 Å². The van der Waals surface area contributed by atoms with Gasteiger partial charge < -0.3 is 19.5 Å². The van der Waals surface area contributed by atoms with Gasteiger partial charge in [0.25, 0.3) is 6.43 Å². The van der Waals surface area contributed by atoms with E-state index in [1.54, 1.807) is 24.4 Å². The molecular weight excluding hydrogens is 628 g/mol. The standard InChI is InChI=1S/C37H31F2N7O3/c1-20-25(4-2-5-26(20)37-43-30-13-21(19-47)12-23(15-40)33(30)49-37)27-6-3-7-31-28(27)9-11-46(31)36-32-29(42-35(44-36)34(38)39)14-22(16-41-32)17-45-10-8-24(48)18-45/h2-7,12-14,16,24,34,47-48H,8-11,17-19H2,1H3/t24-/m1/s1. The second kappa shape index (κ2) is 12.3. The SMILES string of the molecule is Cc1c(-c2nc3cc(CO)cc(C#N)c3o2)cccc1-c1cccc2c1CCN2c1nc(C(F)F)nc2cc(CN3CC[C@@H](O)C3)cnc12. The quantitative estimate of drug-likeness (QED) is 0.199. The van der Waals surface area contributed by atoms with Crippen molar-refractivity contribution in [1.29, 1.82) is 5.26 Å². The number of nitrogens with zero attached hydrogens (tertiary/aromatic N) is 7. The number of likely N-dealkylation sites (tertiary alicyclic amines) is 1. The first-order chi connectivity index (χ1) is 23.8. The third kappa shape index (κ3) is 5.46. The summed E-state index contributed by atoms with van der Waals surface area (Å²) in [7, 11) is 0. The van der Waals surface area contributed by atoms with E-state index in [0.717, 1.165) is 45.6 Å². The van der Waals surface area contributed by atoms with Gasteiger partial charge >= 0.3 is 0 Å². The number of benzene rings is 3. The van der Waals surface area contributed by atoms with Gasteiger partial charge in [-0.2, -0.15) is 5.26 Å². The Morgan fingerprint density at radius 2 is 1.80 bits per heavy atom. The molecule has 12 heteroatoms. The molecular formula is C37H31F2N7O3. The smallest absolute Gasteiger partial charge is 0.297 e. The fraction of sp³-hybridized carbons (Fsp3) is 0.270. The van der Waals surface area contributed by atoms with Crippen LogP contribution < -0.4 is 4.90 Å². The topological polar surface area (TPSA) is 135 Å². The van der Waals surface area contributed by atoms with Crippen LogP contribution in [-0.2, 0) is 19.6 Å². The Morgan fingerprint density at radius 1 is 1.00 bits per heavy atom. The molecule has 2 N–H and O–H groups in total. The second-order valence-corrected chi connectivity index (χ2v) is 12.6. The molecule has 1 saturated heterocycles. The second-order valence-electron chi connectivity index (χ2n) is 12.6. The van der Waals surface area contributed by atoms with Crippen molar-refractivity contribution in [3.63, 3.8) is 0 Å². The lowest BCUT2D eigenvalue weighted by atomic mass is 9.92. The molecule has 0 radical (unpaired) electrons. The molecule has 3 aromatic heterocycles. The summed E-state index contributed by atoms with van der Waals surface area (Å²) in [5.74, 6) is 0.163. The molecule has 0 amide bonds. The Hall–Kier alpha value is -5.35. The summed E-state index contributed by atoms with van der Waals surface area (Å²) in [6, 6.07) is 19.1. The third-order valence-corrected chi connectivity index (χ3v) is 9.43. The summed E-state index contributed by atoms with van der Waals surface area (Å²) in [6.07, 6.45) is -0.126. The van der Waals surface area contributed by atoms with Crippen LogP contribution in [0.5, 0.6) is 0 Å². The Balaban J connectivity index is 1.18. The number of aliphatic hydroxyl groups excluding tert-OH is 2. The van der Waals surface area contributed by atoms with E-state index in [0.29, 0.717) is 77.4 Å². The summed E-state index contributed by atoms with van der Waals surface area (Å²) >= 11 is 0. The van der Waals surface area contributed by atoms with Crippen LogP contribution in [0.25, 0.3) is 44.7 Å². The zero-order valence-corrected chi connectivity index (χ0v) is 26.6. The van der Waals surface area contributed by atoms with Gasteiger partial charge in [-0.05, 0) is 83.5 Å². The van der Waals surface area contributed by atoms with Gasteiger partial charge in [0.2, 0.25) is 5.89 Å². The van der Waals surface area contributed by atoms with Gasteiger partial charge in [-0.1, -0.05) is 24.3 Å². The summed E-state index contributed by atoms with van der Waals surface area (Å²) in [6.45, 7) is 4.16. The number of hydrogen-bond donors (Lipinski definition) is 2. The van der Waals surface area contributed by atoms with Crippen molar-refractivity contribution in [3.8, 4) is 28.7 Å². The molecule has 6 aromatic rings. The first kappa shape index (κ1) is 31.0. The summed E-state index contributed by atoms with van der Waals surface area (Å²) in [4.78, 5) is 22.0. The van der Waals surface area contributed by atoms with Crippen LogP contribution in [0, 0.1) is 18.3 Å². The van der Waals surface area contributed by atoms with E-state index in [2.05, 4.69) is 30.9 Å². The minimum atomic E-state index is -2.86. The average molecular weight is 660 g/mol. The number of nitriles is 1. The van der Waals surface area contributed by atoms with Crippen LogP contribution in [0.2, 0.25) is 0 Å². The van der Waals surface area contributed by atoms with E-state index < -0.39 is 12.2 Å². The van der Waals surface area contributed by atoms with Gasteiger partial charge in [0.1, 0.15) is 17.1 Å². The highest BCUT2D eigenvalue weighted by molar-refractivity contribution is 5.92. The number of β-amino-alcohol motifs (C(OH)–C–C–N with tert-alkyl or cyclic N) is 1. The Bertz CT molecular complexity index is 2300. The molecule has 2 aliphatic rings. The molecule has 2 aliphatic heterocycles. The van der Waals surface area contributed by atoms with Gasteiger partial charge in [-0.25, -0.2) is 23.7 Å². The van der Waals surface area contributed by atoms with Crippen molar-refractivity contribution >= 4 is 33.6 Å². The van der Waals surface area contributed by atoms with Crippen molar-refractivity contribution in [2.75, 3.05) is 24.5 Å². The number of fused-ring (bicyclic) bond motifs is 3. The highest BCUT2D eigenvalue weighted by Gasteiger charge is 2.29. The molecule has 49 heavy (non-hydrogen) atoms. The van der Waals surface area contributed by atoms with Gasteiger partial charge in [-0.15, -0.1) is 0 Å². The normalized spacial score (nSPS) is 16.3. The summed E-state index contributed by atoms with van der Waals surface area (Å²) in [5, 5.41) is 29.2. The lowest BCUT2D eigenvalue weighted by Gasteiger charge is -2.21. The molecule has 0 unspecified atom stereocenters. The number of oxazole rings is 1. The van der Waals surface area contributed by atoms with Crippen LogP contribution in [-0.4, -0.2) is 60.8 Å². The van der Waals surface area contributed by atoms with Crippen LogP contribution >= 0.6 is 0 Å². The van der Waals surface area contributed by atoms with E-state index in [-0.39, 0.29) is 12.7 Å². The van der Waals surface area contributed by atoms with E-state index in [9.17, 15) is 24.3 Å². The van der Waals surface area contributed by atoms with E-state index in [4.69, 9.17) is 4.42 Å². The van der Waals surface area contributed by atoms with Crippen molar-refractivity contribution in [2.24, 2.45) is 0 Å². The van der Waals surface area contributed by atoms with Gasteiger partial charge in [0.05, 0.1) is 23.8 Å². The number of rotatable bonds is 7. The van der Waals surface area contributed by atoms with Gasteiger partial charge in [0, 0.05) is 43.6 Å². The maximum absolute atomic E-state index is 14.1. The van der Waals surface area contributed by atoms with Crippen LogP contribution in [0.4, 0.5) is 20.3 Å². The molecule has 1 atom stereocenters. The van der Waals surface area contributed by atoms with E-state index >= 15 is 0 Å². The Kier molecular flexibility index (Phi) is 7.75. The molecule has 8 rings (SSSR count). The number of hydrogen-bond acceptors (Lipinski definition) is 10. The molecule has 0 aliphatic carbocycles. The molecule has 0 saturated carbocycles. The van der Waals surface area contributed by atoms with Crippen LogP contribution in [0.15, 0.2) is 65.2 Å². The molecule has 0 spiro atoms. The van der Waals surface area contributed by atoms with Gasteiger partial charge in [-0.3, -0.25) is 9.88 Å².